The molecule has 0 aliphatic heterocycles. The number of rotatable bonds is 6. The van der Waals surface area contributed by atoms with Gasteiger partial charge in [0.15, 0.2) is 5.82 Å². The van der Waals surface area contributed by atoms with Crippen molar-refractivity contribution in [1.82, 2.24) is 25.5 Å². The highest BCUT2D eigenvalue weighted by Crippen LogP contribution is 2.29. The molecule has 1 aromatic carbocycles. The first kappa shape index (κ1) is 16.4. The maximum Gasteiger partial charge on any atom is 0.251 e. The molecule has 1 aliphatic rings. The number of amides is 1. The zero-order chi connectivity index (χ0) is 16.9. The molecule has 0 radical (unpaired) electrons. The molecule has 24 heavy (non-hydrogen) atoms. The number of benzene rings is 1. The molecule has 0 bridgehead atoms. The first-order valence-electron chi connectivity index (χ1n) is 8.45. The molecule has 1 fully saturated rings. The van der Waals surface area contributed by atoms with E-state index in [0.29, 0.717) is 24.0 Å². The van der Waals surface area contributed by atoms with Gasteiger partial charge < -0.3 is 10.1 Å². The van der Waals surface area contributed by atoms with Crippen LogP contribution in [0.5, 0.6) is 5.75 Å². The molecule has 0 atom stereocenters. The number of nitrogens with zero attached hydrogens (tertiary/aromatic N) is 4. The third kappa shape index (κ3) is 3.90. The quantitative estimate of drug-likeness (QED) is 0.880. The van der Waals surface area contributed by atoms with Crippen LogP contribution >= 0.6 is 0 Å². The molecule has 128 valence electrons. The summed E-state index contributed by atoms with van der Waals surface area (Å²) in [6, 6.07) is 7.48. The third-order valence-electron chi connectivity index (χ3n) is 4.13. The van der Waals surface area contributed by atoms with Crippen LogP contribution in [0.3, 0.4) is 0 Å². The van der Waals surface area contributed by atoms with Crippen LogP contribution < -0.4 is 10.1 Å². The number of carbonyl (C=O) groups is 1. The monoisotopic (exact) mass is 329 g/mol. The number of ether oxygens (including phenoxy) is 1. The van der Waals surface area contributed by atoms with E-state index in [2.05, 4.69) is 20.8 Å². The van der Waals surface area contributed by atoms with Crippen LogP contribution in [0.15, 0.2) is 24.3 Å². The van der Waals surface area contributed by atoms with Crippen molar-refractivity contribution in [3.63, 3.8) is 0 Å². The van der Waals surface area contributed by atoms with Crippen molar-refractivity contribution < 1.29 is 9.53 Å². The van der Waals surface area contributed by atoms with E-state index >= 15 is 0 Å². The standard InChI is InChI=1S/C17H23N5O2/c1-12(2)24-15-9-7-13(8-10-15)17(23)18-11-16-19-20-21-22(16)14-5-3-4-6-14/h7-10,12,14H,3-6,11H2,1-2H3,(H,18,23). The minimum Gasteiger partial charge on any atom is -0.491 e. The summed E-state index contributed by atoms with van der Waals surface area (Å²) in [5.74, 6) is 1.31. The Morgan fingerprint density at radius 2 is 2.00 bits per heavy atom. The zero-order valence-corrected chi connectivity index (χ0v) is 14.1. The molecule has 1 heterocycles. The Labute approximate surface area is 141 Å². The third-order valence-corrected chi connectivity index (χ3v) is 4.13. The van der Waals surface area contributed by atoms with Crippen molar-refractivity contribution >= 4 is 5.91 Å². The number of aromatic nitrogens is 4. The fourth-order valence-corrected chi connectivity index (χ4v) is 2.98. The maximum atomic E-state index is 12.3. The molecule has 1 aliphatic carbocycles. The zero-order valence-electron chi connectivity index (χ0n) is 14.1. The second kappa shape index (κ2) is 7.42. The van der Waals surface area contributed by atoms with Gasteiger partial charge >= 0.3 is 0 Å². The van der Waals surface area contributed by atoms with Crippen molar-refractivity contribution in [3.05, 3.63) is 35.7 Å². The van der Waals surface area contributed by atoms with E-state index < -0.39 is 0 Å². The van der Waals surface area contributed by atoms with Gasteiger partial charge in [0.05, 0.1) is 18.7 Å². The number of hydrogen-bond acceptors (Lipinski definition) is 5. The van der Waals surface area contributed by atoms with Gasteiger partial charge in [-0.25, -0.2) is 4.68 Å². The average Bonchev–Trinajstić information content (AvgIpc) is 3.23. The highest BCUT2D eigenvalue weighted by Gasteiger charge is 2.21. The number of carbonyl (C=O) groups excluding carboxylic acids is 1. The molecule has 1 saturated carbocycles. The predicted molar refractivity (Wildman–Crippen MR) is 88.7 cm³/mol. The van der Waals surface area contributed by atoms with Crippen molar-refractivity contribution in [2.75, 3.05) is 0 Å². The summed E-state index contributed by atoms with van der Waals surface area (Å²) in [6.07, 6.45) is 4.73. The molecule has 0 unspecified atom stereocenters. The van der Waals surface area contributed by atoms with Crippen LogP contribution in [0.2, 0.25) is 0 Å². The van der Waals surface area contributed by atoms with E-state index in [1.165, 1.54) is 12.8 Å². The molecular weight excluding hydrogens is 306 g/mol. The van der Waals surface area contributed by atoms with Gasteiger partial charge in [0, 0.05) is 5.56 Å². The second-order valence-electron chi connectivity index (χ2n) is 6.35. The summed E-state index contributed by atoms with van der Waals surface area (Å²) >= 11 is 0. The van der Waals surface area contributed by atoms with Crippen LogP contribution in [-0.4, -0.2) is 32.2 Å². The van der Waals surface area contributed by atoms with Gasteiger partial charge in [0.25, 0.3) is 5.91 Å². The lowest BCUT2D eigenvalue weighted by molar-refractivity contribution is 0.0949. The number of tetrazole rings is 1. The lowest BCUT2D eigenvalue weighted by Crippen LogP contribution is -2.25. The Morgan fingerprint density at radius 3 is 2.67 bits per heavy atom. The average molecular weight is 329 g/mol. The van der Waals surface area contributed by atoms with Crippen LogP contribution in [0.25, 0.3) is 0 Å². The fourth-order valence-electron chi connectivity index (χ4n) is 2.98. The van der Waals surface area contributed by atoms with Crippen molar-refractivity contribution in [2.45, 2.75) is 58.2 Å². The summed E-state index contributed by atoms with van der Waals surface area (Å²) in [6.45, 7) is 4.26. The van der Waals surface area contributed by atoms with Gasteiger partial charge in [-0.1, -0.05) is 12.8 Å². The summed E-state index contributed by atoms with van der Waals surface area (Å²) in [4.78, 5) is 12.3. The SMILES string of the molecule is CC(C)Oc1ccc(C(=O)NCc2nnnn2C2CCCC2)cc1. The van der Waals surface area contributed by atoms with Gasteiger partial charge in [-0.05, 0) is 61.4 Å². The van der Waals surface area contributed by atoms with Crippen LogP contribution in [0, 0.1) is 0 Å². The number of hydrogen-bond donors (Lipinski definition) is 1. The minimum atomic E-state index is -0.146. The van der Waals surface area contributed by atoms with E-state index in [1.54, 1.807) is 24.3 Å². The molecule has 1 N–H and O–H groups in total. The fraction of sp³-hybridized carbons (Fsp3) is 0.529. The lowest BCUT2D eigenvalue weighted by Gasteiger charge is -2.12. The summed E-state index contributed by atoms with van der Waals surface area (Å²) in [5.41, 5.74) is 0.589. The molecule has 0 spiro atoms. The lowest BCUT2D eigenvalue weighted by atomic mass is 10.2. The van der Waals surface area contributed by atoms with E-state index in [9.17, 15) is 4.79 Å². The molecule has 1 aromatic heterocycles. The molecule has 7 nitrogen and oxygen atoms in total. The first-order valence-corrected chi connectivity index (χ1v) is 8.45. The van der Waals surface area contributed by atoms with Gasteiger partial charge in [-0.2, -0.15) is 0 Å². The molecule has 7 heteroatoms. The second-order valence-corrected chi connectivity index (χ2v) is 6.35. The Hall–Kier alpha value is -2.44. The molecule has 1 amide bonds. The summed E-state index contributed by atoms with van der Waals surface area (Å²) in [5, 5.41) is 14.8. The van der Waals surface area contributed by atoms with Crippen LogP contribution in [0.1, 0.15) is 61.8 Å². The molecule has 2 aromatic rings. The largest absolute Gasteiger partial charge is 0.491 e. The van der Waals surface area contributed by atoms with Gasteiger partial charge in [-0.3, -0.25) is 4.79 Å². The van der Waals surface area contributed by atoms with Crippen molar-refractivity contribution in [3.8, 4) is 5.75 Å². The Kier molecular flexibility index (Phi) is 5.08. The smallest absolute Gasteiger partial charge is 0.251 e. The molecule has 0 saturated heterocycles. The van der Waals surface area contributed by atoms with Crippen molar-refractivity contribution in [2.24, 2.45) is 0 Å². The first-order chi connectivity index (χ1) is 11.6. The van der Waals surface area contributed by atoms with E-state index in [4.69, 9.17) is 4.74 Å². The maximum absolute atomic E-state index is 12.3. The minimum absolute atomic E-state index is 0.110. The Bertz CT molecular complexity index is 675. The summed E-state index contributed by atoms with van der Waals surface area (Å²) < 4.78 is 7.43. The Balaban J connectivity index is 1.58. The molecular formula is C17H23N5O2. The van der Waals surface area contributed by atoms with Gasteiger partial charge in [0.2, 0.25) is 0 Å². The van der Waals surface area contributed by atoms with E-state index in [-0.39, 0.29) is 12.0 Å². The topological polar surface area (TPSA) is 81.9 Å². The van der Waals surface area contributed by atoms with Crippen molar-refractivity contribution in [1.29, 1.82) is 0 Å². The van der Waals surface area contributed by atoms with Crippen LogP contribution in [0.4, 0.5) is 0 Å². The van der Waals surface area contributed by atoms with Gasteiger partial charge in [-0.15, -0.1) is 5.10 Å². The summed E-state index contributed by atoms with van der Waals surface area (Å²) in [7, 11) is 0. The molecule has 3 rings (SSSR count). The van der Waals surface area contributed by atoms with E-state index in [1.807, 2.05) is 18.5 Å². The van der Waals surface area contributed by atoms with Gasteiger partial charge in [0.1, 0.15) is 5.75 Å². The highest BCUT2D eigenvalue weighted by molar-refractivity contribution is 5.94. The van der Waals surface area contributed by atoms with E-state index in [0.717, 1.165) is 18.6 Å². The van der Waals surface area contributed by atoms with Crippen LogP contribution in [-0.2, 0) is 6.54 Å². The predicted octanol–water partition coefficient (Wildman–Crippen LogP) is 2.51. The Morgan fingerprint density at radius 1 is 1.29 bits per heavy atom. The highest BCUT2D eigenvalue weighted by atomic mass is 16.5. The normalized spacial score (nSPS) is 15.0. The number of nitrogens with one attached hydrogen (secondary N) is 1.